The molecule has 147 heavy (non-hydrogen) atoms. The highest BCUT2D eigenvalue weighted by Gasteiger charge is 2.26. The molecule has 1 aliphatic heterocycles. The van der Waals surface area contributed by atoms with E-state index in [4.69, 9.17) is 79.7 Å². The molecule has 13 aromatic heterocycles. The minimum absolute atomic E-state index is 0.0627. The number of nitrogens with one attached hydrogen (secondary N) is 10. The van der Waals surface area contributed by atoms with E-state index >= 15 is 0 Å². The van der Waals surface area contributed by atoms with Crippen LogP contribution in [0.1, 0.15) is 46.0 Å². The third-order valence-corrected chi connectivity index (χ3v) is 30.2. The Morgan fingerprint density at radius 1 is 0.435 bits per heavy atom. The number of ether oxygens (including phenoxy) is 3. The highest BCUT2D eigenvalue weighted by molar-refractivity contribution is 7.20. The number of carbonyl (C=O) groups is 2. The normalized spacial score (nSPS) is 12.2. The number of aromatic amines is 3. The summed E-state index contributed by atoms with van der Waals surface area (Å²) in [6.45, 7) is 7.29. The Balaban J connectivity index is 0.000000112. The summed E-state index contributed by atoms with van der Waals surface area (Å²) in [5, 5.41) is 65.8. The number of methoxy groups -OCH3 is 1. The molecule has 0 bridgehead atoms. The Morgan fingerprint density at radius 3 is 1.25 bits per heavy atom. The van der Waals surface area contributed by atoms with Crippen molar-refractivity contribution in [3.8, 4) is 45.7 Å². The smallest absolute Gasteiger partial charge is 0.253 e. The zero-order valence-electron chi connectivity index (χ0n) is 79.7. The van der Waals surface area contributed by atoms with E-state index in [0.717, 1.165) is 184 Å². The number of nitrogens with zero attached hydrogens (tertiary/aromatic N) is 13. The first-order chi connectivity index (χ1) is 72.0. The Bertz CT molecular complexity index is 8670. The van der Waals surface area contributed by atoms with Crippen LogP contribution in [0.5, 0.6) is 11.5 Å². The maximum absolute atomic E-state index is 14.6. The van der Waals surface area contributed by atoms with E-state index in [0.29, 0.717) is 111 Å². The van der Waals surface area contributed by atoms with Gasteiger partial charge in [0.05, 0.1) is 83.1 Å². The molecule has 24 rings (SSSR count). The lowest BCUT2D eigenvalue weighted by molar-refractivity contribution is 0.0916. The number of piperidine rings is 1. The van der Waals surface area contributed by atoms with Crippen molar-refractivity contribution in [3.63, 3.8) is 0 Å². The molecule has 1 aliphatic rings. The van der Waals surface area contributed by atoms with Crippen LogP contribution in [0.3, 0.4) is 0 Å². The zero-order chi connectivity index (χ0) is 101. The zero-order valence-corrected chi connectivity index (χ0v) is 86.0. The Morgan fingerprint density at radius 2 is 0.837 bits per heavy atom. The minimum Gasteiger partial charge on any atom is -0.492 e. The Hall–Kier alpha value is -15.4. The number of nitrogens with two attached hydrogens (primary N) is 1. The van der Waals surface area contributed by atoms with Crippen LogP contribution in [0, 0.1) is 5.82 Å². The number of benzene rings is 10. The second-order valence-corrected chi connectivity index (χ2v) is 40.1. The van der Waals surface area contributed by atoms with Crippen LogP contribution < -0.4 is 52.4 Å². The van der Waals surface area contributed by atoms with Crippen molar-refractivity contribution >= 4 is 266 Å². The number of thiophene rings is 5. The first kappa shape index (κ1) is 99.0. The van der Waals surface area contributed by atoms with Gasteiger partial charge in [-0.3, -0.25) is 24.9 Å². The second-order valence-electron chi connectivity index (χ2n) is 34.3. The molecule has 14 heterocycles. The number of halogens is 4. The van der Waals surface area contributed by atoms with Gasteiger partial charge in [0, 0.05) is 139 Å². The summed E-state index contributed by atoms with van der Waals surface area (Å²) < 4.78 is 36.6. The Kier molecular flexibility index (Phi) is 30.7. The maximum atomic E-state index is 14.6. The summed E-state index contributed by atoms with van der Waals surface area (Å²) in [7, 11) is 7.79. The lowest BCUT2D eigenvalue weighted by Gasteiger charge is -2.29. The number of likely N-dealkylation sites (tertiary alicyclic amines) is 1. The van der Waals surface area contributed by atoms with Gasteiger partial charge in [0.25, 0.3) is 11.8 Å². The fraction of sp³-hybridized carbons (Fsp3) is 0.147. The topological polar surface area (TPSA) is 368 Å². The number of hydrogen-bond donors (Lipinski definition) is 11. The summed E-state index contributed by atoms with van der Waals surface area (Å²) in [4.78, 5) is 67.4. The van der Waals surface area contributed by atoms with Gasteiger partial charge < -0.3 is 67.0 Å². The number of likely N-dealkylation sites (N-methyl/N-ethyl adjacent to an activating group) is 1. The van der Waals surface area contributed by atoms with Gasteiger partial charge in [-0.05, 0) is 220 Å². The number of hydrogen-bond acceptors (Lipinski definition) is 29. The van der Waals surface area contributed by atoms with Crippen molar-refractivity contribution in [2.75, 3.05) is 101 Å². The van der Waals surface area contributed by atoms with Gasteiger partial charge >= 0.3 is 0 Å². The van der Waals surface area contributed by atoms with Gasteiger partial charge in [0.2, 0.25) is 0 Å². The van der Waals surface area contributed by atoms with Gasteiger partial charge in [-0.15, -0.1) is 56.7 Å². The third kappa shape index (κ3) is 22.0. The van der Waals surface area contributed by atoms with Gasteiger partial charge in [-0.1, -0.05) is 126 Å². The van der Waals surface area contributed by atoms with Crippen molar-refractivity contribution in [1.82, 2.24) is 90.9 Å². The number of rotatable bonds is 26. The standard InChI is InChI=1S/C24H23ClN4OS.C23H22N6OS.C22H18FN5O2S.C20H15ClN6S.C20H16ClN3OS/c1-29-12-9-15(10-13-29)26-24(30)17-6-4-5-16-21(17)28-23(18-11-14-31-22(16)18)27-20-8-3-2-7-19(20)25;1-29(2)11-12-30-16-8-6-15(7-9-16)26-23-19-10-13-31-21(19)17-4-3-5-18(20(17)27-23)22-24-14-25-28-22;1-29-8-9-30-13-5-6-17(23)18(11-13)26-22-16-7-10-31-20(16)14-3-2-4-15(19(14)27-22)21-24-12-25-28-21;21-15-8-11(9-22)4-5-16(15)25-20-14-6-7-28-18(14)12-2-1-3-13(17(12)26-20)19-23-10-24-27-19;1-2-22-20(25)13-7-5-6-12-17(13)24-19(14-10-11-26-18(12)14)23-16-9-4-3-8-15(16)21/h2-8,11,14-15H,9-10,12-13H2,1H3,(H,26,30)(H,27,28);3-10,13-14H,11-12H2,1-2H3,(H,26,27)(H,24,25,28);2-7,10-12H,8-9H2,1H3,(H,26,27)(H,24,25,28);1-8,10H,9,22H2,(H,25,26)(H,23,24,27);3-11H,2H2,1H3,(H,22,25)(H,23,24). The second kappa shape index (κ2) is 45.5. The monoisotopic (exact) mass is 2100 g/mol. The summed E-state index contributed by atoms with van der Waals surface area (Å²) in [5.74, 6) is 6.36. The molecule has 1 fully saturated rings. The predicted octanol–water partition coefficient (Wildman–Crippen LogP) is 26.4. The molecule has 0 atom stereocenters. The molecule has 0 radical (unpaired) electrons. The Labute approximate surface area is 876 Å². The first-order valence-corrected chi connectivity index (χ1v) is 52.5. The summed E-state index contributed by atoms with van der Waals surface area (Å²) in [6, 6.07) is 73.6. The average Bonchev–Trinajstić information content (AvgIpc) is 1.66. The van der Waals surface area contributed by atoms with Crippen molar-refractivity contribution in [1.29, 1.82) is 0 Å². The van der Waals surface area contributed by atoms with Crippen molar-refractivity contribution in [2.24, 2.45) is 5.73 Å². The SMILES string of the molecule is CCNC(=O)c1cccc2c1nc(Nc1ccccc1Cl)c1ccsc12.CN(C)CCOc1ccc(Nc2nc3c(-c4ncn[nH]4)cccc3c3sccc23)cc1.CN1CCC(NC(=O)c2cccc3c2nc(Nc2ccccc2Cl)c2ccsc23)CC1.COCCOc1ccc(F)c(Nc2nc3c(-c4ncn[nH]4)cccc3c3sccc23)c1.NCc1ccc(Nc2nc3c(-c4ncn[nH]4)cccc3c3sccc23)c(Cl)c1. The molecule has 10 aromatic carbocycles. The predicted molar refractivity (Wildman–Crippen MR) is 601 cm³/mol. The number of carbonyl (C=O) groups excluding carboxylic acids is 2. The highest BCUT2D eigenvalue weighted by Crippen LogP contribution is 2.46. The summed E-state index contributed by atoms with van der Waals surface area (Å²) >= 11 is 27.4. The molecule has 38 heteroatoms. The largest absolute Gasteiger partial charge is 0.492 e. The van der Waals surface area contributed by atoms with Crippen LogP contribution in [0.4, 0.5) is 61.9 Å². The van der Waals surface area contributed by atoms with Crippen molar-refractivity contribution in [3.05, 3.63) is 314 Å². The van der Waals surface area contributed by atoms with Crippen molar-refractivity contribution < 1.29 is 28.2 Å². The molecule has 0 saturated carbocycles. The first-order valence-electron chi connectivity index (χ1n) is 46.9. The molecular formula is C109H94Cl3FN24O5S5. The van der Waals surface area contributed by atoms with E-state index in [2.05, 4.69) is 146 Å². The van der Waals surface area contributed by atoms with E-state index in [1.54, 1.807) is 82.0 Å². The lowest BCUT2D eigenvalue weighted by Crippen LogP contribution is -2.43. The van der Waals surface area contributed by atoms with E-state index in [1.165, 1.54) is 29.7 Å². The number of H-pyrrole nitrogens is 3. The van der Waals surface area contributed by atoms with E-state index in [9.17, 15) is 14.0 Å². The number of anilines is 10. The fourth-order valence-electron chi connectivity index (χ4n) is 17.2. The lowest BCUT2D eigenvalue weighted by atomic mass is 10.0. The van der Waals surface area contributed by atoms with Crippen LogP contribution in [-0.4, -0.2) is 172 Å². The summed E-state index contributed by atoms with van der Waals surface area (Å²) in [6.07, 6.45) is 6.40. The number of amides is 2. The molecule has 0 spiro atoms. The molecule has 0 aliphatic carbocycles. The summed E-state index contributed by atoms with van der Waals surface area (Å²) in [5.41, 5.74) is 18.0. The van der Waals surface area contributed by atoms with Crippen molar-refractivity contribution in [2.45, 2.75) is 32.4 Å². The molecule has 0 unspecified atom stereocenters. The molecule has 12 N–H and O–H groups in total. The van der Waals surface area contributed by atoms with Crippen LogP contribution in [0.15, 0.2) is 276 Å². The van der Waals surface area contributed by atoms with E-state index in [-0.39, 0.29) is 23.5 Å². The van der Waals surface area contributed by atoms with Gasteiger partial charge in [0.1, 0.15) is 78.6 Å². The quantitative estimate of drug-likeness (QED) is 0.0224. The number of aromatic nitrogens is 14. The molecular weight excluding hydrogens is 2010 g/mol. The third-order valence-electron chi connectivity index (χ3n) is 24.5. The average molecular weight is 2110 g/mol. The molecule has 2 amide bonds. The van der Waals surface area contributed by atoms with Gasteiger partial charge in [-0.25, -0.2) is 44.3 Å². The molecule has 738 valence electrons. The number of para-hydroxylation sites is 7. The van der Waals surface area contributed by atoms with Crippen LogP contribution in [-0.2, 0) is 11.3 Å². The van der Waals surface area contributed by atoms with E-state index in [1.807, 2.05) is 208 Å². The highest BCUT2D eigenvalue weighted by atomic mass is 35.5. The van der Waals surface area contributed by atoms with Crippen LogP contribution in [0.25, 0.3) is 139 Å². The van der Waals surface area contributed by atoms with Gasteiger partial charge in [-0.2, -0.15) is 15.3 Å². The molecule has 29 nitrogen and oxygen atoms in total. The van der Waals surface area contributed by atoms with Gasteiger partial charge in [0.15, 0.2) is 17.5 Å². The molecule has 1 saturated heterocycles. The maximum Gasteiger partial charge on any atom is 0.253 e. The van der Waals surface area contributed by atoms with E-state index < -0.39 is 5.82 Å². The van der Waals surface area contributed by atoms with Crippen LogP contribution in [0.2, 0.25) is 15.1 Å². The number of pyridine rings is 5. The molecule has 23 aromatic rings. The van der Waals surface area contributed by atoms with Crippen LogP contribution >= 0.6 is 91.5 Å². The fourth-order valence-corrected chi connectivity index (χ4v) is 22.4. The minimum atomic E-state index is -0.395. The number of fused-ring (bicyclic) bond motifs is 15.